The molecule has 0 bridgehead atoms. The van der Waals surface area contributed by atoms with E-state index in [2.05, 4.69) is 16.3 Å². The van der Waals surface area contributed by atoms with Crippen molar-refractivity contribution >= 4 is 40.3 Å². The molecule has 0 aromatic rings. The Morgan fingerprint density at radius 3 is 1.95 bits per heavy atom. The van der Waals surface area contributed by atoms with Crippen molar-refractivity contribution in [3.05, 3.63) is 0 Å². The number of ether oxygens (including phenoxy) is 2. The number of carbonyl (C=O) groups is 4. The summed E-state index contributed by atoms with van der Waals surface area (Å²) >= 11 is 2.52. The van der Waals surface area contributed by atoms with Crippen molar-refractivity contribution in [2.24, 2.45) is 0 Å². The third-order valence-electron chi connectivity index (χ3n) is 2.40. The molecule has 0 fully saturated rings. The lowest BCUT2D eigenvalue weighted by atomic mass is 9.90. The molecule has 9 heteroatoms. The van der Waals surface area contributed by atoms with Crippen LogP contribution in [0.5, 0.6) is 0 Å². The first-order valence-corrected chi connectivity index (χ1v) is 6.12. The summed E-state index contributed by atoms with van der Waals surface area (Å²) in [6, 6.07) is 0. The van der Waals surface area contributed by atoms with Crippen LogP contribution in [-0.4, -0.2) is 53.5 Å². The minimum absolute atomic E-state index is 0.101. The SMILES string of the molecule is CC(=O)O[C@H](CO)[C@H](OC(C)=O)[C@@](C=O)(OBr)C(C)=O. The van der Waals surface area contributed by atoms with E-state index in [0.717, 1.165) is 20.8 Å². The Balaban J connectivity index is 5.70. The van der Waals surface area contributed by atoms with Crippen LogP contribution in [0.15, 0.2) is 0 Å². The number of halogens is 1. The van der Waals surface area contributed by atoms with Crippen LogP contribution in [0.3, 0.4) is 0 Å². The Morgan fingerprint density at radius 1 is 1.20 bits per heavy atom. The second kappa shape index (κ2) is 8.08. The number of rotatable bonds is 8. The van der Waals surface area contributed by atoms with Crippen molar-refractivity contribution in [3.63, 3.8) is 0 Å². The van der Waals surface area contributed by atoms with Gasteiger partial charge in [0.25, 0.3) is 0 Å². The van der Waals surface area contributed by atoms with E-state index in [1.54, 1.807) is 0 Å². The number of aliphatic hydroxyl groups is 1. The molecule has 0 unspecified atom stereocenters. The minimum Gasteiger partial charge on any atom is -0.456 e. The maximum Gasteiger partial charge on any atom is 0.303 e. The van der Waals surface area contributed by atoms with Crippen molar-refractivity contribution in [2.75, 3.05) is 6.61 Å². The zero-order chi connectivity index (χ0) is 15.9. The second-order valence-corrected chi connectivity index (χ2v) is 4.23. The van der Waals surface area contributed by atoms with Crippen LogP contribution in [0.1, 0.15) is 20.8 Å². The van der Waals surface area contributed by atoms with Gasteiger partial charge >= 0.3 is 11.9 Å². The quantitative estimate of drug-likeness (QED) is 0.358. The highest BCUT2D eigenvalue weighted by atomic mass is 79.9. The van der Waals surface area contributed by atoms with E-state index in [1.807, 2.05) is 0 Å². The van der Waals surface area contributed by atoms with Gasteiger partial charge in [0.15, 0.2) is 24.3 Å². The normalized spacial score (nSPS) is 16.4. The van der Waals surface area contributed by atoms with Crippen LogP contribution >= 0.6 is 16.3 Å². The first-order valence-electron chi connectivity index (χ1n) is 5.47. The van der Waals surface area contributed by atoms with Crippen LogP contribution in [0.4, 0.5) is 0 Å². The Labute approximate surface area is 123 Å². The molecule has 3 atom stereocenters. The topological polar surface area (TPSA) is 116 Å². The van der Waals surface area contributed by atoms with E-state index in [4.69, 9.17) is 13.3 Å². The first kappa shape index (κ1) is 18.7. The molecule has 114 valence electrons. The van der Waals surface area contributed by atoms with E-state index in [-0.39, 0.29) is 6.29 Å². The second-order valence-electron chi connectivity index (χ2n) is 3.90. The number of Topliss-reactive ketones (excluding diaryl/α,β-unsaturated/α-hetero) is 1. The summed E-state index contributed by atoms with van der Waals surface area (Å²) in [5.41, 5.74) is -2.24. The number of aliphatic hydroxyl groups excluding tert-OH is 1. The average molecular weight is 355 g/mol. The van der Waals surface area contributed by atoms with Gasteiger partial charge in [-0.1, -0.05) is 0 Å². The average Bonchev–Trinajstić information content (AvgIpc) is 2.35. The molecule has 0 heterocycles. The summed E-state index contributed by atoms with van der Waals surface area (Å²) in [5.74, 6) is -2.45. The van der Waals surface area contributed by atoms with Gasteiger partial charge in [-0.2, -0.15) is 0 Å². The van der Waals surface area contributed by atoms with Crippen LogP contribution in [-0.2, 0) is 32.5 Å². The summed E-state index contributed by atoms with van der Waals surface area (Å²) in [5, 5.41) is 9.23. The Hall–Kier alpha value is -1.32. The molecule has 0 aliphatic rings. The highest BCUT2D eigenvalue weighted by Crippen LogP contribution is 2.26. The van der Waals surface area contributed by atoms with Gasteiger partial charge in [0.05, 0.1) is 6.61 Å². The third-order valence-corrected chi connectivity index (χ3v) is 2.94. The molecule has 0 radical (unpaired) electrons. The molecule has 8 nitrogen and oxygen atoms in total. The first-order chi connectivity index (χ1) is 9.24. The molecule has 0 saturated carbocycles. The molecule has 20 heavy (non-hydrogen) atoms. The molecule has 0 rings (SSSR count). The van der Waals surface area contributed by atoms with Crippen molar-refractivity contribution in [2.45, 2.75) is 38.6 Å². The summed E-state index contributed by atoms with van der Waals surface area (Å²) in [6.45, 7) is 2.32. The maximum absolute atomic E-state index is 11.7. The highest BCUT2D eigenvalue weighted by molar-refractivity contribution is 9.06. The fourth-order valence-electron chi connectivity index (χ4n) is 1.49. The molecule has 0 aliphatic carbocycles. The van der Waals surface area contributed by atoms with E-state index in [1.165, 1.54) is 0 Å². The molecule has 0 spiro atoms. The van der Waals surface area contributed by atoms with Crippen LogP contribution < -0.4 is 0 Å². The number of ketones is 1. The Morgan fingerprint density at radius 2 is 1.70 bits per heavy atom. The van der Waals surface area contributed by atoms with Crippen molar-refractivity contribution in [1.29, 1.82) is 0 Å². The van der Waals surface area contributed by atoms with Gasteiger partial charge in [-0.05, 0) is 6.92 Å². The van der Waals surface area contributed by atoms with Gasteiger partial charge in [-0.15, -0.1) is 0 Å². The predicted octanol–water partition coefficient (Wildman–Crippen LogP) is -0.305. The predicted molar refractivity (Wildman–Crippen MR) is 67.7 cm³/mol. The number of hydrogen-bond donors (Lipinski definition) is 1. The zero-order valence-electron chi connectivity index (χ0n) is 11.1. The summed E-state index contributed by atoms with van der Waals surface area (Å²) in [4.78, 5) is 45.0. The lowest BCUT2D eigenvalue weighted by Gasteiger charge is -2.34. The summed E-state index contributed by atoms with van der Waals surface area (Å²) in [7, 11) is 0. The fraction of sp³-hybridized carbons (Fsp3) is 0.636. The minimum atomic E-state index is -2.24. The van der Waals surface area contributed by atoms with Gasteiger partial charge in [-0.25, -0.2) is 0 Å². The van der Waals surface area contributed by atoms with Gasteiger partial charge < -0.3 is 14.6 Å². The van der Waals surface area contributed by atoms with Gasteiger partial charge in [0, 0.05) is 13.8 Å². The highest BCUT2D eigenvalue weighted by Gasteiger charge is 2.52. The number of hydrogen-bond acceptors (Lipinski definition) is 8. The molecular weight excluding hydrogens is 340 g/mol. The molecule has 0 aromatic heterocycles. The van der Waals surface area contributed by atoms with Crippen molar-refractivity contribution in [1.82, 2.24) is 0 Å². The van der Waals surface area contributed by atoms with Gasteiger partial charge in [-0.3, -0.25) is 23.0 Å². The van der Waals surface area contributed by atoms with E-state index in [9.17, 15) is 24.3 Å². The van der Waals surface area contributed by atoms with E-state index >= 15 is 0 Å². The number of carbonyl (C=O) groups excluding carboxylic acids is 4. The molecule has 0 saturated heterocycles. The Kier molecular flexibility index (Phi) is 7.54. The molecule has 0 aromatic carbocycles. The molecule has 0 amide bonds. The lowest BCUT2D eigenvalue weighted by molar-refractivity contribution is -0.187. The van der Waals surface area contributed by atoms with E-state index < -0.39 is 42.1 Å². The summed E-state index contributed by atoms with van der Waals surface area (Å²) < 4.78 is 14.3. The van der Waals surface area contributed by atoms with Gasteiger partial charge in [0.1, 0.15) is 16.3 Å². The van der Waals surface area contributed by atoms with Crippen LogP contribution in [0.25, 0.3) is 0 Å². The van der Waals surface area contributed by atoms with E-state index in [0.29, 0.717) is 0 Å². The monoisotopic (exact) mass is 354 g/mol. The standard InChI is InChI=1S/C11H15BrO8/c1-6(15)11(5-14,20-12)10(19-8(3)17)9(4-13)18-7(2)16/h5,9-10,13H,4H2,1-3H3/t9-,10+,11+/m1/s1. The zero-order valence-corrected chi connectivity index (χ0v) is 12.7. The maximum atomic E-state index is 11.7. The Bertz CT molecular complexity index is 396. The smallest absolute Gasteiger partial charge is 0.303 e. The number of aldehydes is 1. The molecule has 1 N–H and O–H groups in total. The summed E-state index contributed by atoms with van der Waals surface area (Å²) in [6.07, 6.45) is -2.98. The number of esters is 2. The van der Waals surface area contributed by atoms with Crippen LogP contribution in [0.2, 0.25) is 0 Å². The molecule has 0 aliphatic heterocycles. The largest absolute Gasteiger partial charge is 0.456 e. The third kappa shape index (κ3) is 4.36. The van der Waals surface area contributed by atoms with Crippen molar-refractivity contribution < 1.29 is 37.6 Å². The van der Waals surface area contributed by atoms with Crippen LogP contribution in [0, 0.1) is 0 Å². The fourth-order valence-corrected chi connectivity index (χ4v) is 1.98. The molecular formula is C11H15BrO8. The van der Waals surface area contributed by atoms with Gasteiger partial charge in [0.2, 0.25) is 5.60 Å². The lowest BCUT2D eigenvalue weighted by Crippen LogP contribution is -2.59. The van der Waals surface area contributed by atoms with Crippen molar-refractivity contribution in [3.8, 4) is 0 Å².